The number of hydrogen-bond acceptors (Lipinski definition) is 10. The Morgan fingerprint density at radius 3 is 2.56 bits per heavy atom. The van der Waals surface area contributed by atoms with Crippen LogP contribution in [0.4, 0.5) is 11.9 Å². The van der Waals surface area contributed by atoms with Crippen molar-refractivity contribution in [3.05, 3.63) is 60.6 Å². The summed E-state index contributed by atoms with van der Waals surface area (Å²) in [5.74, 6) is 1.95. The molecule has 1 unspecified atom stereocenters. The van der Waals surface area contributed by atoms with Crippen molar-refractivity contribution >= 4 is 28.8 Å². The molecule has 3 aromatic heterocycles. The number of aromatic nitrogens is 5. The number of aliphatic hydroxyl groups is 1. The van der Waals surface area contributed by atoms with E-state index in [1.54, 1.807) is 17.0 Å². The van der Waals surface area contributed by atoms with Gasteiger partial charge in [-0.2, -0.15) is 4.98 Å². The average molecular weight is 491 g/mol. The summed E-state index contributed by atoms with van der Waals surface area (Å²) in [7, 11) is 0. The van der Waals surface area contributed by atoms with Crippen molar-refractivity contribution in [1.82, 2.24) is 29.4 Å². The van der Waals surface area contributed by atoms with Crippen molar-refractivity contribution in [1.29, 1.82) is 0 Å². The van der Waals surface area contributed by atoms with Crippen LogP contribution in [0.2, 0.25) is 0 Å². The lowest BCUT2D eigenvalue weighted by Gasteiger charge is -2.36. The minimum absolute atomic E-state index is 0.107. The van der Waals surface area contributed by atoms with Crippen LogP contribution in [0.15, 0.2) is 53.4 Å². The second-order valence-electron chi connectivity index (χ2n) is 8.66. The van der Waals surface area contributed by atoms with Gasteiger partial charge in [0.25, 0.3) is 5.91 Å². The van der Waals surface area contributed by atoms with Crippen LogP contribution in [-0.2, 0) is 11.3 Å². The molecule has 1 atom stereocenters. The van der Waals surface area contributed by atoms with Crippen LogP contribution in [0.3, 0.4) is 0 Å². The van der Waals surface area contributed by atoms with Gasteiger partial charge in [-0.15, -0.1) is 0 Å². The number of piperazine rings is 1. The molecule has 0 aliphatic carbocycles. The van der Waals surface area contributed by atoms with Crippen LogP contribution in [0.1, 0.15) is 22.6 Å². The van der Waals surface area contributed by atoms with Crippen LogP contribution in [0.5, 0.6) is 0 Å². The van der Waals surface area contributed by atoms with E-state index in [0.717, 1.165) is 11.0 Å². The lowest BCUT2D eigenvalue weighted by molar-refractivity contribution is -0.00989. The van der Waals surface area contributed by atoms with E-state index in [9.17, 15) is 9.90 Å². The van der Waals surface area contributed by atoms with E-state index < -0.39 is 0 Å². The zero-order valence-corrected chi connectivity index (χ0v) is 19.6. The van der Waals surface area contributed by atoms with Crippen molar-refractivity contribution in [2.24, 2.45) is 0 Å². The van der Waals surface area contributed by atoms with Crippen molar-refractivity contribution in [3.63, 3.8) is 0 Å². The molecule has 36 heavy (non-hydrogen) atoms. The van der Waals surface area contributed by atoms with Gasteiger partial charge in [-0.25, -0.2) is 15.0 Å². The highest BCUT2D eigenvalue weighted by Gasteiger charge is 2.29. The Hall–Kier alpha value is -4.03. The fourth-order valence-corrected chi connectivity index (χ4v) is 4.75. The fraction of sp³-hybridized carbons (Fsp3) is 0.375. The molecule has 4 aromatic rings. The maximum absolute atomic E-state index is 12.6. The Morgan fingerprint density at radius 1 is 0.972 bits per heavy atom. The summed E-state index contributed by atoms with van der Waals surface area (Å²) < 4.78 is 13.3. The molecule has 0 saturated carbocycles. The van der Waals surface area contributed by atoms with Crippen LogP contribution in [0.25, 0.3) is 11.0 Å². The first kappa shape index (κ1) is 22.4. The van der Waals surface area contributed by atoms with Gasteiger partial charge in [0.1, 0.15) is 18.8 Å². The summed E-state index contributed by atoms with van der Waals surface area (Å²) in [4.78, 5) is 36.5. The van der Waals surface area contributed by atoms with Gasteiger partial charge in [0.05, 0.1) is 30.4 Å². The molecule has 2 aliphatic heterocycles. The number of morpholine rings is 1. The second-order valence-corrected chi connectivity index (χ2v) is 8.66. The minimum Gasteiger partial charge on any atom is -0.459 e. The van der Waals surface area contributed by atoms with E-state index in [2.05, 4.69) is 24.8 Å². The molecule has 2 fully saturated rings. The first-order valence-corrected chi connectivity index (χ1v) is 11.9. The van der Waals surface area contributed by atoms with Crippen LogP contribution in [0, 0.1) is 0 Å². The standard InChI is InChI=1S/C24H26N8O4/c33-15-20-27-17-4-1-2-5-18(17)32(20)21-14-31(11-13-36-21)24-26-16-25-23(28-24)30-9-7-29(8-10-30)22(34)19-6-3-12-35-19/h1-6,12,16,21,33H,7-11,13-15H2. The first-order valence-electron chi connectivity index (χ1n) is 11.9. The molecule has 5 heterocycles. The number of fused-ring (bicyclic) bond motifs is 1. The van der Waals surface area contributed by atoms with Crippen molar-refractivity contribution in [3.8, 4) is 0 Å². The van der Waals surface area contributed by atoms with E-state index in [-0.39, 0.29) is 18.7 Å². The molecule has 6 rings (SSSR count). The topological polar surface area (TPSA) is 126 Å². The molecule has 0 spiro atoms. The lowest BCUT2D eigenvalue weighted by Crippen LogP contribution is -2.49. The number of rotatable bonds is 5. The lowest BCUT2D eigenvalue weighted by atomic mass is 10.3. The number of para-hydroxylation sites is 2. The Bertz CT molecular complexity index is 1350. The quantitative estimate of drug-likeness (QED) is 0.437. The number of carbonyl (C=O) groups excluding carboxylic acids is 1. The van der Waals surface area contributed by atoms with E-state index >= 15 is 0 Å². The van der Waals surface area contributed by atoms with E-state index in [4.69, 9.17) is 14.1 Å². The number of imidazole rings is 1. The molecule has 186 valence electrons. The van der Waals surface area contributed by atoms with Gasteiger partial charge in [0.2, 0.25) is 11.9 Å². The third kappa shape index (κ3) is 4.14. The van der Waals surface area contributed by atoms with Gasteiger partial charge in [0, 0.05) is 32.7 Å². The Balaban J connectivity index is 1.17. The van der Waals surface area contributed by atoms with E-state index in [1.807, 2.05) is 28.8 Å². The number of benzene rings is 1. The van der Waals surface area contributed by atoms with E-state index in [1.165, 1.54) is 12.6 Å². The summed E-state index contributed by atoms with van der Waals surface area (Å²) in [6.07, 6.45) is 2.69. The highest BCUT2D eigenvalue weighted by molar-refractivity contribution is 5.91. The van der Waals surface area contributed by atoms with E-state index in [0.29, 0.717) is 69.4 Å². The molecule has 1 aromatic carbocycles. The largest absolute Gasteiger partial charge is 0.459 e. The highest BCUT2D eigenvalue weighted by atomic mass is 16.5. The number of hydrogen-bond donors (Lipinski definition) is 1. The molecular weight excluding hydrogens is 464 g/mol. The van der Waals surface area contributed by atoms with Crippen LogP contribution in [-0.4, -0.2) is 86.3 Å². The van der Waals surface area contributed by atoms with Gasteiger partial charge < -0.3 is 29.0 Å². The molecule has 2 saturated heterocycles. The number of furan rings is 1. The second kappa shape index (κ2) is 9.55. The fourth-order valence-electron chi connectivity index (χ4n) is 4.75. The summed E-state index contributed by atoms with van der Waals surface area (Å²) in [5, 5.41) is 9.90. The monoisotopic (exact) mass is 490 g/mol. The molecule has 0 radical (unpaired) electrons. The smallest absolute Gasteiger partial charge is 0.289 e. The Kier molecular flexibility index (Phi) is 5.95. The predicted molar refractivity (Wildman–Crippen MR) is 130 cm³/mol. The summed E-state index contributed by atoms with van der Waals surface area (Å²) in [6.45, 7) is 3.77. The number of aliphatic hydroxyl groups excluding tert-OH is 1. The Morgan fingerprint density at radius 2 is 1.78 bits per heavy atom. The van der Waals surface area contributed by atoms with Crippen molar-refractivity contribution in [2.75, 3.05) is 55.7 Å². The van der Waals surface area contributed by atoms with Gasteiger partial charge in [-0.3, -0.25) is 9.36 Å². The molecule has 0 bridgehead atoms. The summed E-state index contributed by atoms with van der Waals surface area (Å²) in [6, 6.07) is 11.2. The molecule has 2 aliphatic rings. The predicted octanol–water partition coefficient (Wildman–Crippen LogP) is 1.30. The maximum atomic E-state index is 12.6. The van der Waals surface area contributed by atoms with Crippen molar-refractivity contribution < 1.29 is 19.1 Å². The number of anilines is 2. The third-order valence-corrected chi connectivity index (χ3v) is 6.56. The molecule has 1 N–H and O–H groups in total. The highest BCUT2D eigenvalue weighted by Crippen LogP contribution is 2.27. The van der Waals surface area contributed by atoms with Crippen LogP contribution >= 0.6 is 0 Å². The third-order valence-electron chi connectivity index (χ3n) is 6.56. The molecule has 12 nitrogen and oxygen atoms in total. The van der Waals surface area contributed by atoms with Gasteiger partial charge in [-0.1, -0.05) is 12.1 Å². The number of nitrogens with zero attached hydrogens (tertiary/aromatic N) is 8. The van der Waals surface area contributed by atoms with Gasteiger partial charge in [0.15, 0.2) is 12.0 Å². The minimum atomic E-state index is -0.343. The number of ether oxygens (including phenoxy) is 1. The van der Waals surface area contributed by atoms with Crippen LogP contribution < -0.4 is 9.80 Å². The summed E-state index contributed by atoms with van der Waals surface area (Å²) >= 11 is 0. The normalized spacial score (nSPS) is 18.7. The molecular formula is C24H26N8O4. The maximum Gasteiger partial charge on any atom is 0.289 e. The van der Waals surface area contributed by atoms with Crippen molar-refractivity contribution in [2.45, 2.75) is 12.8 Å². The number of amides is 1. The first-order chi connectivity index (χ1) is 17.7. The van der Waals surface area contributed by atoms with Gasteiger partial charge in [-0.05, 0) is 24.3 Å². The average Bonchev–Trinajstić information content (AvgIpc) is 3.61. The molecule has 12 heteroatoms. The van der Waals surface area contributed by atoms with Gasteiger partial charge >= 0.3 is 0 Å². The zero-order valence-electron chi connectivity index (χ0n) is 19.6. The number of carbonyl (C=O) groups is 1. The zero-order chi connectivity index (χ0) is 24.5. The summed E-state index contributed by atoms with van der Waals surface area (Å²) in [5.41, 5.74) is 1.72. The SMILES string of the molecule is O=C(c1ccco1)N1CCN(c2ncnc(N3CCOC(n4c(CO)nc5ccccc54)C3)n2)CC1. The molecule has 1 amide bonds. The Labute approximate surface area is 206 Å².